The molecule has 0 aromatic heterocycles. The highest BCUT2D eigenvalue weighted by Crippen LogP contribution is 2.34. The smallest absolute Gasteiger partial charge is 0.243 e. The van der Waals surface area contributed by atoms with Crippen LogP contribution >= 0.6 is 0 Å². The molecule has 0 heterocycles. The highest BCUT2D eigenvalue weighted by Gasteiger charge is 2.45. The van der Waals surface area contributed by atoms with Crippen LogP contribution in [0, 0.1) is 17.2 Å². The zero-order valence-electron chi connectivity index (χ0n) is 13.6. The molecule has 122 valence electrons. The molecule has 5 heteroatoms. The molecule has 1 aliphatic carbocycles. The van der Waals surface area contributed by atoms with Gasteiger partial charge in [-0.05, 0) is 30.7 Å². The van der Waals surface area contributed by atoms with E-state index < -0.39 is 11.6 Å². The van der Waals surface area contributed by atoms with E-state index in [2.05, 4.69) is 16.7 Å². The van der Waals surface area contributed by atoms with Crippen LogP contribution in [-0.4, -0.2) is 23.4 Å². The fourth-order valence-electron chi connectivity index (χ4n) is 2.44. The van der Waals surface area contributed by atoms with Gasteiger partial charge in [-0.25, -0.2) is 0 Å². The second kappa shape index (κ2) is 7.28. The summed E-state index contributed by atoms with van der Waals surface area (Å²) in [7, 11) is 0. The minimum absolute atomic E-state index is 0.182. The molecule has 0 aliphatic heterocycles. The Labute approximate surface area is 137 Å². The van der Waals surface area contributed by atoms with E-state index in [9.17, 15) is 9.59 Å². The molecule has 2 rings (SSSR count). The molecule has 2 N–H and O–H groups in total. The summed E-state index contributed by atoms with van der Waals surface area (Å²) in [5, 5.41) is 14.7. The normalized spacial score (nSPS) is 16.3. The first-order valence-corrected chi connectivity index (χ1v) is 8.01. The average Bonchev–Trinajstić information content (AvgIpc) is 3.27. The predicted octanol–water partition coefficient (Wildman–Crippen LogP) is 1.93. The van der Waals surface area contributed by atoms with Gasteiger partial charge in [-0.3, -0.25) is 9.59 Å². The zero-order chi connectivity index (χ0) is 16.9. The van der Waals surface area contributed by atoms with E-state index in [0.717, 1.165) is 5.56 Å². The van der Waals surface area contributed by atoms with Crippen molar-refractivity contribution in [3.05, 3.63) is 35.9 Å². The molecule has 2 amide bonds. The first kappa shape index (κ1) is 17.0. The Morgan fingerprint density at radius 3 is 2.43 bits per heavy atom. The number of nitrogens with one attached hydrogen (secondary N) is 2. The molecule has 0 bridgehead atoms. The Kier molecular flexibility index (Phi) is 5.38. The van der Waals surface area contributed by atoms with Gasteiger partial charge in [0.05, 0.1) is 12.5 Å². The molecule has 0 radical (unpaired) electrons. The van der Waals surface area contributed by atoms with Gasteiger partial charge in [0.1, 0.15) is 11.6 Å². The van der Waals surface area contributed by atoms with Gasteiger partial charge in [0.2, 0.25) is 11.8 Å². The first-order valence-electron chi connectivity index (χ1n) is 8.01. The van der Waals surface area contributed by atoms with Crippen molar-refractivity contribution in [2.45, 2.75) is 51.1 Å². The van der Waals surface area contributed by atoms with Gasteiger partial charge in [-0.1, -0.05) is 44.2 Å². The van der Waals surface area contributed by atoms with Crippen LogP contribution in [0.5, 0.6) is 0 Å². The van der Waals surface area contributed by atoms with Gasteiger partial charge in [-0.2, -0.15) is 5.26 Å². The van der Waals surface area contributed by atoms with Crippen molar-refractivity contribution in [2.24, 2.45) is 5.92 Å². The highest BCUT2D eigenvalue weighted by molar-refractivity contribution is 5.89. The van der Waals surface area contributed by atoms with Crippen molar-refractivity contribution in [3.63, 3.8) is 0 Å². The maximum absolute atomic E-state index is 12.4. The fourth-order valence-corrected chi connectivity index (χ4v) is 2.44. The average molecular weight is 313 g/mol. The summed E-state index contributed by atoms with van der Waals surface area (Å²) >= 11 is 0. The monoisotopic (exact) mass is 313 g/mol. The number of benzene rings is 1. The van der Waals surface area contributed by atoms with Crippen LogP contribution in [0.25, 0.3) is 0 Å². The summed E-state index contributed by atoms with van der Waals surface area (Å²) in [6, 6.07) is 11.0. The number of rotatable bonds is 7. The number of nitrogens with zero attached hydrogens (tertiary/aromatic N) is 1. The zero-order valence-corrected chi connectivity index (χ0v) is 13.6. The third kappa shape index (κ3) is 5.10. The molecule has 1 aromatic carbocycles. The number of hydrogen-bond acceptors (Lipinski definition) is 3. The molecule has 0 saturated heterocycles. The third-order valence-corrected chi connectivity index (χ3v) is 3.89. The van der Waals surface area contributed by atoms with Crippen molar-refractivity contribution >= 4 is 11.8 Å². The Morgan fingerprint density at radius 2 is 1.91 bits per heavy atom. The number of carbonyl (C=O) groups excluding carboxylic acids is 2. The third-order valence-electron chi connectivity index (χ3n) is 3.89. The molecule has 1 aromatic rings. The van der Waals surface area contributed by atoms with Gasteiger partial charge in [0.25, 0.3) is 0 Å². The van der Waals surface area contributed by atoms with Crippen LogP contribution in [0.2, 0.25) is 0 Å². The maximum atomic E-state index is 12.4. The Bertz CT molecular complexity index is 600. The molecule has 23 heavy (non-hydrogen) atoms. The molecule has 0 spiro atoms. The molecule has 1 fully saturated rings. The molecule has 1 atom stereocenters. The minimum atomic E-state index is -0.712. The highest BCUT2D eigenvalue weighted by atomic mass is 16.2. The predicted molar refractivity (Wildman–Crippen MR) is 87.3 cm³/mol. The summed E-state index contributed by atoms with van der Waals surface area (Å²) in [5.74, 6) is -0.182. The lowest BCUT2D eigenvalue weighted by molar-refractivity contribution is -0.129. The van der Waals surface area contributed by atoms with Crippen LogP contribution in [-0.2, 0) is 16.0 Å². The number of nitriles is 1. The summed E-state index contributed by atoms with van der Waals surface area (Å²) < 4.78 is 0. The molecule has 5 nitrogen and oxygen atoms in total. The standard InChI is InChI=1S/C18H23N3O2/c1-13(2)10-15(17(23)21-18(12-19)8-9-18)20-16(22)11-14-6-4-3-5-7-14/h3-7,13,15H,8-11H2,1-2H3,(H,20,22)(H,21,23)/t15-/m0/s1. The van der Waals surface area contributed by atoms with E-state index >= 15 is 0 Å². The van der Waals surface area contributed by atoms with Crippen LogP contribution < -0.4 is 10.6 Å². The van der Waals surface area contributed by atoms with Gasteiger partial charge in [-0.15, -0.1) is 0 Å². The van der Waals surface area contributed by atoms with Crippen molar-refractivity contribution in [3.8, 4) is 6.07 Å². The van der Waals surface area contributed by atoms with Crippen LogP contribution in [0.1, 0.15) is 38.7 Å². The van der Waals surface area contributed by atoms with Crippen LogP contribution in [0.4, 0.5) is 0 Å². The minimum Gasteiger partial charge on any atom is -0.344 e. The SMILES string of the molecule is CC(C)C[C@H](NC(=O)Cc1ccccc1)C(=O)NC1(C#N)CC1. The van der Waals surface area contributed by atoms with Crippen molar-refractivity contribution < 1.29 is 9.59 Å². The Hall–Kier alpha value is -2.35. The summed E-state index contributed by atoms with van der Waals surface area (Å²) in [6.45, 7) is 4.00. The van der Waals surface area contributed by atoms with Gasteiger partial charge in [0, 0.05) is 0 Å². The topological polar surface area (TPSA) is 82.0 Å². The van der Waals surface area contributed by atoms with Gasteiger partial charge in [0.15, 0.2) is 0 Å². The van der Waals surface area contributed by atoms with Crippen molar-refractivity contribution in [1.29, 1.82) is 5.26 Å². The number of amides is 2. The van der Waals surface area contributed by atoms with E-state index in [1.807, 2.05) is 44.2 Å². The lowest BCUT2D eigenvalue weighted by atomic mass is 10.0. The second-order valence-corrected chi connectivity index (χ2v) is 6.60. The Balaban J connectivity index is 1.96. The van der Waals surface area contributed by atoms with E-state index in [-0.39, 0.29) is 24.2 Å². The van der Waals surface area contributed by atoms with Crippen LogP contribution in [0.3, 0.4) is 0 Å². The first-order chi connectivity index (χ1) is 10.9. The molecule has 1 saturated carbocycles. The molecule has 0 unspecified atom stereocenters. The van der Waals surface area contributed by atoms with E-state index in [1.165, 1.54) is 0 Å². The van der Waals surface area contributed by atoms with E-state index in [1.54, 1.807) is 0 Å². The van der Waals surface area contributed by atoms with Crippen molar-refractivity contribution in [1.82, 2.24) is 10.6 Å². The second-order valence-electron chi connectivity index (χ2n) is 6.60. The Morgan fingerprint density at radius 1 is 1.26 bits per heavy atom. The van der Waals surface area contributed by atoms with Gasteiger partial charge < -0.3 is 10.6 Å². The largest absolute Gasteiger partial charge is 0.344 e. The quantitative estimate of drug-likeness (QED) is 0.807. The van der Waals surface area contributed by atoms with Gasteiger partial charge >= 0.3 is 0 Å². The molecule has 1 aliphatic rings. The fraction of sp³-hybridized carbons (Fsp3) is 0.500. The lowest BCUT2D eigenvalue weighted by Gasteiger charge is -2.21. The summed E-state index contributed by atoms with van der Waals surface area (Å²) in [5.41, 5.74) is 0.195. The van der Waals surface area contributed by atoms with Crippen LogP contribution in [0.15, 0.2) is 30.3 Å². The van der Waals surface area contributed by atoms with E-state index in [4.69, 9.17) is 5.26 Å². The number of hydrogen-bond donors (Lipinski definition) is 2. The summed E-state index contributed by atoms with van der Waals surface area (Å²) in [4.78, 5) is 24.6. The van der Waals surface area contributed by atoms with Crippen molar-refractivity contribution in [2.75, 3.05) is 0 Å². The molecular formula is C18H23N3O2. The van der Waals surface area contributed by atoms with E-state index in [0.29, 0.717) is 19.3 Å². The molecular weight excluding hydrogens is 290 g/mol. The summed E-state index contributed by atoms with van der Waals surface area (Å²) in [6.07, 6.45) is 2.16. The lowest BCUT2D eigenvalue weighted by Crippen LogP contribution is -2.51. The maximum Gasteiger partial charge on any atom is 0.243 e. The number of carbonyl (C=O) groups is 2.